The van der Waals surface area contributed by atoms with Gasteiger partial charge in [0, 0.05) is 17.6 Å². The van der Waals surface area contributed by atoms with Crippen LogP contribution in [0, 0.1) is 23.2 Å². The first kappa shape index (κ1) is 17.3. The van der Waals surface area contributed by atoms with Gasteiger partial charge in [-0.25, -0.2) is 0 Å². The Morgan fingerprint density at radius 3 is 2.21 bits per heavy atom. The van der Waals surface area contributed by atoms with Gasteiger partial charge in [-0.05, 0) is 107 Å². The Morgan fingerprint density at radius 2 is 1.58 bits per heavy atom. The molecule has 138 valence electrons. The van der Waals surface area contributed by atoms with Gasteiger partial charge in [0.1, 0.15) is 0 Å². The van der Waals surface area contributed by atoms with E-state index in [4.69, 9.17) is 0 Å². The summed E-state index contributed by atoms with van der Waals surface area (Å²) in [4.78, 5) is 0. The van der Waals surface area contributed by atoms with E-state index in [9.17, 15) is 0 Å². The molecular weight excluding hydrogens is 292 g/mol. The molecule has 4 fully saturated rings. The number of hydrogen-bond donors (Lipinski definition) is 2. The molecule has 2 aliphatic heterocycles. The fraction of sp³-hybridized carbons (Fsp3) is 1.00. The van der Waals surface area contributed by atoms with Crippen molar-refractivity contribution in [2.75, 3.05) is 6.54 Å². The van der Waals surface area contributed by atoms with Crippen molar-refractivity contribution in [3.05, 3.63) is 0 Å². The van der Waals surface area contributed by atoms with E-state index in [1.54, 1.807) is 0 Å². The second-order valence-electron chi connectivity index (χ2n) is 10.3. The van der Waals surface area contributed by atoms with Gasteiger partial charge in [-0.15, -0.1) is 0 Å². The lowest BCUT2D eigenvalue weighted by molar-refractivity contribution is 0.125. The molecule has 24 heavy (non-hydrogen) atoms. The monoisotopic (exact) mass is 332 g/mol. The zero-order valence-electron chi connectivity index (χ0n) is 16.4. The molecule has 2 N–H and O–H groups in total. The summed E-state index contributed by atoms with van der Waals surface area (Å²) < 4.78 is 0. The molecule has 2 nitrogen and oxygen atoms in total. The van der Waals surface area contributed by atoms with E-state index in [0.717, 1.165) is 29.8 Å². The van der Waals surface area contributed by atoms with Crippen molar-refractivity contribution in [3.63, 3.8) is 0 Å². The SMILES string of the molecule is CC1CCC2(CC1)NC(CC1CCC3(CCN[C@@H]3C)CC1)C[C@@H]2C. The zero-order chi connectivity index (χ0) is 16.8. The molecular formula is C22H40N2. The predicted molar refractivity (Wildman–Crippen MR) is 102 cm³/mol. The molecule has 1 unspecified atom stereocenters. The Kier molecular flexibility index (Phi) is 4.75. The largest absolute Gasteiger partial charge is 0.314 e. The van der Waals surface area contributed by atoms with E-state index in [-0.39, 0.29) is 0 Å². The first-order chi connectivity index (χ1) is 11.5. The van der Waals surface area contributed by atoms with Crippen molar-refractivity contribution in [2.45, 2.75) is 109 Å². The quantitative estimate of drug-likeness (QED) is 0.753. The third kappa shape index (κ3) is 3.07. The van der Waals surface area contributed by atoms with Gasteiger partial charge in [0.15, 0.2) is 0 Å². The number of nitrogens with one attached hydrogen (secondary N) is 2. The lowest BCUT2D eigenvalue weighted by Gasteiger charge is -2.42. The van der Waals surface area contributed by atoms with Crippen LogP contribution in [-0.2, 0) is 0 Å². The fourth-order valence-electron chi connectivity index (χ4n) is 6.87. The Morgan fingerprint density at radius 1 is 0.875 bits per heavy atom. The number of hydrogen-bond acceptors (Lipinski definition) is 2. The van der Waals surface area contributed by atoms with Gasteiger partial charge >= 0.3 is 0 Å². The maximum absolute atomic E-state index is 4.18. The number of rotatable bonds is 2. The van der Waals surface area contributed by atoms with Crippen molar-refractivity contribution < 1.29 is 0 Å². The van der Waals surface area contributed by atoms with Crippen LogP contribution in [-0.4, -0.2) is 24.2 Å². The highest BCUT2D eigenvalue weighted by molar-refractivity contribution is 5.05. The minimum atomic E-state index is 0.511. The Bertz CT molecular complexity index is 429. The summed E-state index contributed by atoms with van der Waals surface area (Å²) in [6, 6.07) is 1.57. The van der Waals surface area contributed by atoms with Crippen molar-refractivity contribution >= 4 is 0 Å². The second kappa shape index (κ2) is 6.58. The first-order valence-electron chi connectivity index (χ1n) is 11.0. The van der Waals surface area contributed by atoms with E-state index in [1.807, 2.05) is 0 Å². The van der Waals surface area contributed by atoms with Crippen LogP contribution in [0.3, 0.4) is 0 Å². The fourth-order valence-corrected chi connectivity index (χ4v) is 6.87. The molecule has 0 bridgehead atoms. The molecule has 0 amide bonds. The van der Waals surface area contributed by atoms with Gasteiger partial charge < -0.3 is 10.6 Å². The van der Waals surface area contributed by atoms with Crippen LogP contribution in [0.1, 0.15) is 91.4 Å². The molecule has 3 atom stereocenters. The summed E-state index contributed by atoms with van der Waals surface area (Å²) in [5.41, 5.74) is 1.17. The van der Waals surface area contributed by atoms with Crippen LogP contribution in [0.25, 0.3) is 0 Å². The molecule has 2 heteroatoms. The first-order valence-corrected chi connectivity index (χ1v) is 11.0. The van der Waals surface area contributed by atoms with E-state index in [0.29, 0.717) is 11.0 Å². The van der Waals surface area contributed by atoms with Gasteiger partial charge in [0.2, 0.25) is 0 Å². The summed E-state index contributed by atoms with van der Waals surface area (Å²) >= 11 is 0. The summed E-state index contributed by atoms with van der Waals surface area (Å²) in [7, 11) is 0. The normalized spacial score (nSPS) is 52.4. The van der Waals surface area contributed by atoms with E-state index in [2.05, 4.69) is 31.4 Å². The van der Waals surface area contributed by atoms with Crippen molar-refractivity contribution in [1.29, 1.82) is 0 Å². The average molecular weight is 333 g/mol. The molecule has 4 rings (SSSR count). The molecule has 2 saturated carbocycles. The minimum absolute atomic E-state index is 0.511. The lowest BCUT2D eigenvalue weighted by atomic mass is 9.66. The second-order valence-corrected chi connectivity index (χ2v) is 10.3. The molecule has 2 spiro atoms. The molecule has 0 aromatic heterocycles. The van der Waals surface area contributed by atoms with Crippen LogP contribution in [0.5, 0.6) is 0 Å². The molecule has 2 aliphatic carbocycles. The summed E-state index contributed by atoms with van der Waals surface area (Å²) in [5.74, 6) is 2.84. The highest BCUT2D eigenvalue weighted by Crippen LogP contribution is 2.49. The predicted octanol–water partition coefficient (Wildman–Crippen LogP) is 4.88. The summed E-state index contributed by atoms with van der Waals surface area (Å²) in [5, 5.41) is 7.89. The highest BCUT2D eigenvalue weighted by Gasteiger charge is 2.47. The Hall–Kier alpha value is -0.0800. The summed E-state index contributed by atoms with van der Waals surface area (Å²) in [6.45, 7) is 8.67. The lowest BCUT2D eigenvalue weighted by Crippen LogP contribution is -2.49. The summed E-state index contributed by atoms with van der Waals surface area (Å²) in [6.07, 6.45) is 16.0. The molecule has 4 aliphatic rings. The van der Waals surface area contributed by atoms with Gasteiger partial charge in [0.25, 0.3) is 0 Å². The van der Waals surface area contributed by atoms with Crippen LogP contribution in [0.2, 0.25) is 0 Å². The average Bonchev–Trinajstić information content (AvgIpc) is 3.07. The Labute approximate surface area is 149 Å². The van der Waals surface area contributed by atoms with E-state index < -0.39 is 0 Å². The maximum Gasteiger partial charge on any atom is 0.0210 e. The molecule has 0 aromatic rings. The van der Waals surface area contributed by atoms with Crippen molar-refractivity contribution in [2.24, 2.45) is 23.2 Å². The van der Waals surface area contributed by atoms with Gasteiger partial charge in [-0.2, -0.15) is 0 Å². The maximum atomic E-state index is 4.18. The molecule has 2 saturated heterocycles. The van der Waals surface area contributed by atoms with Gasteiger partial charge in [-0.3, -0.25) is 0 Å². The van der Waals surface area contributed by atoms with Gasteiger partial charge in [-0.1, -0.05) is 13.8 Å². The van der Waals surface area contributed by atoms with Crippen LogP contribution in [0.15, 0.2) is 0 Å². The topological polar surface area (TPSA) is 24.1 Å². The molecule has 0 radical (unpaired) electrons. The van der Waals surface area contributed by atoms with Crippen molar-refractivity contribution in [3.8, 4) is 0 Å². The van der Waals surface area contributed by atoms with Gasteiger partial charge in [0.05, 0.1) is 0 Å². The third-order valence-electron chi connectivity index (χ3n) is 8.95. The minimum Gasteiger partial charge on any atom is -0.314 e. The molecule has 0 aromatic carbocycles. The van der Waals surface area contributed by atoms with Crippen molar-refractivity contribution in [1.82, 2.24) is 10.6 Å². The smallest absolute Gasteiger partial charge is 0.0210 e. The highest BCUT2D eigenvalue weighted by atomic mass is 15.1. The standard InChI is InChI=1S/C22H40N2/c1-16-4-10-22(11-5-16)17(2)14-20(24-22)15-19-6-8-21(9-7-19)12-13-23-18(21)3/h16-20,23-24H,4-15H2,1-3H3/t16?,17-,18+,19?,20?,21?,22?/m0/s1. The Balaban J connectivity index is 1.30. The van der Waals surface area contributed by atoms with Crippen LogP contribution < -0.4 is 10.6 Å². The van der Waals surface area contributed by atoms with E-state index in [1.165, 1.54) is 77.2 Å². The van der Waals surface area contributed by atoms with Crippen LogP contribution >= 0.6 is 0 Å². The zero-order valence-corrected chi connectivity index (χ0v) is 16.4. The molecule has 2 heterocycles. The van der Waals surface area contributed by atoms with Crippen LogP contribution in [0.4, 0.5) is 0 Å². The third-order valence-corrected chi connectivity index (χ3v) is 8.95. The van der Waals surface area contributed by atoms with E-state index >= 15 is 0 Å².